The van der Waals surface area contributed by atoms with Gasteiger partial charge in [0.1, 0.15) is 6.10 Å². The molecule has 4 rings (SSSR count). The summed E-state index contributed by atoms with van der Waals surface area (Å²) in [6, 6.07) is 11.6. The normalized spacial score (nSPS) is 18.9. The number of benzene rings is 1. The number of aromatic nitrogens is 2. The van der Waals surface area contributed by atoms with Gasteiger partial charge in [-0.2, -0.15) is 0 Å². The summed E-state index contributed by atoms with van der Waals surface area (Å²) in [6.07, 6.45) is 1.43. The number of nitrogens with zero attached hydrogens (tertiary/aromatic N) is 4. The van der Waals surface area contributed by atoms with Gasteiger partial charge in [-0.05, 0) is 18.4 Å². The van der Waals surface area contributed by atoms with E-state index >= 15 is 0 Å². The van der Waals surface area contributed by atoms with Crippen LogP contribution in [-0.2, 0) is 14.9 Å². The molecule has 170 valence electrons. The van der Waals surface area contributed by atoms with E-state index in [0.717, 1.165) is 11.3 Å². The molecule has 0 spiro atoms. The van der Waals surface area contributed by atoms with Crippen molar-refractivity contribution in [2.24, 2.45) is 5.73 Å². The van der Waals surface area contributed by atoms with Crippen molar-refractivity contribution in [2.45, 2.75) is 37.2 Å². The first-order chi connectivity index (χ1) is 15.4. The molecule has 4 N–H and O–H groups in total. The molecule has 2 aromatic rings. The Bertz CT molecular complexity index is 973. The highest BCUT2D eigenvalue weighted by molar-refractivity contribution is 6.29. The standard InChI is InChI=1S/C22H27ClN6O3/c23-18-14-17(19(24)27-26-18)28-12-8-22(9-13-28,15-4-2-1-3-5-15)20(30)29-10-6-16(7-11-29)32-21(25)31/h1-5,14,16H,6-13H2,(H2,24,27)(H2,25,31). The average Bonchev–Trinajstić information content (AvgIpc) is 2.81. The summed E-state index contributed by atoms with van der Waals surface area (Å²) in [5.74, 6) is 0.434. The topological polar surface area (TPSA) is 128 Å². The van der Waals surface area contributed by atoms with Gasteiger partial charge >= 0.3 is 6.09 Å². The number of anilines is 2. The molecule has 0 radical (unpaired) electrons. The Morgan fingerprint density at radius 2 is 1.72 bits per heavy atom. The van der Waals surface area contributed by atoms with Gasteiger partial charge in [0.05, 0.1) is 11.1 Å². The van der Waals surface area contributed by atoms with E-state index in [2.05, 4.69) is 15.1 Å². The van der Waals surface area contributed by atoms with Gasteiger partial charge in [-0.25, -0.2) is 4.79 Å². The summed E-state index contributed by atoms with van der Waals surface area (Å²) in [6.45, 7) is 2.33. The molecule has 0 bridgehead atoms. The SMILES string of the molecule is NC(=O)OC1CCN(C(=O)C2(c3ccccc3)CCN(c3cc(Cl)nnc3N)CC2)CC1. The molecule has 2 amide bonds. The molecule has 1 aromatic heterocycles. The number of nitrogen functional groups attached to an aromatic ring is 1. The number of hydrogen-bond donors (Lipinski definition) is 2. The molecule has 2 fully saturated rings. The van der Waals surface area contributed by atoms with Crippen LogP contribution in [0.3, 0.4) is 0 Å². The molecule has 3 heterocycles. The molecule has 0 saturated carbocycles. The van der Waals surface area contributed by atoms with Crippen LogP contribution in [0.25, 0.3) is 0 Å². The summed E-state index contributed by atoms with van der Waals surface area (Å²) in [7, 11) is 0. The van der Waals surface area contributed by atoms with Crippen LogP contribution in [0.5, 0.6) is 0 Å². The van der Waals surface area contributed by atoms with Crippen molar-refractivity contribution in [2.75, 3.05) is 36.8 Å². The fourth-order valence-electron chi connectivity index (χ4n) is 4.78. The number of nitrogens with two attached hydrogens (primary N) is 2. The first kappa shape index (κ1) is 22.1. The predicted octanol–water partition coefficient (Wildman–Crippen LogP) is 2.34. The minimum absolute atomic E-state index is 0.111. The fraction of sp³-hybridized carbons (Fsp3) is 0.455. The first-order valence-electron chi connectivity index (χ1n) is 10.7. The lowest BCUT2D eigenvalue weighted by molar-refractivity contribution is -0.140. The number of hydrogen-bond acceptors (Lipinski definition) is 7. The summed E-state index contributed by atoms with van der Waals surface area (Å²) < 4.78 is 5.12. The van der Waals surface area contributed by atoms with E-state index in [4.69, 9.17) is 27.8 Å². The summed E-state index contributed by atoms with van der Waals surface area (Å²) in [4.78, 5) is 28.9. The van der Waals surface area contributed by atoms with Gasteiger partial charge in [-0.1, -0.05) is 41.9 Å². The molecule has 0 aliphatic carbocycles. The number of carbonyl (C=O) groups is 2. The molecule has 0 unspecified atom stereocenters. The van der Waals surface area contributed by atoms with Crippen molar-refractivity contribution >= 4 is 35.1 Å². The van der Waals surface area contributed by atoms with E-state index in [-0.39, 0.29) is 17.2 Å². The van der Waals surface area contributed by atoms with Crippen molar-refractivity contribution in [3.8, 4) is 0 Å². The number of halogens is 1. The van der Waals surface area contributed by atoms with Crippen LogP contribution in [0, 0.1) is 0 Å². The highest BCUT2D eigenvalue weighted by atomic mass is 35.5. The van der Waals surface area contributed by atoms with Crippen LogP contribution >= 0.6 is 11.6 Å². The number of primary amides is 1. The lowest BCUT2D eigenvalue weighted by Crippen LogP contribution is -2.55. The Balaban J connectivity index is 1.54. The van der Waals surface area contributed by atoms with Gasteiger partial charge in [0, 0.05) is 45.1 Å². The number of ether oxygens (including phenoxy) is 1. The maximum atomic E-state index is 13.9. The zero-order valence-electron chi connectivity index (χ0n) is 17.7. The lowest BCUT2D eigenvalue weighted by Gasteiger charge is -2.45. The largest absolute Gasteiger partial charge is 0.446 e. The third kappa shape index (κ3) is 4.43. The van der Waals surface area contributed by atoms with Gasteiger partial charge < -0.3 is 26.0 Å². The minimum atomic E-state index is -0.770. The second-order valence-electron chi connectivity index (χ2n) is 8.30. The van der Waals surface area contributed by atoms with Gasteiger partial charge in [0.25, 0.3) is 0 Å². The third-order valence-electron chi connectivity index (χ3n) is 6.48. The van der Waals surface area contributed by atoms with Crippen LogP contribution in [0.2, 0.25) is 5.15 Å². The van der Waals surface area contributed by atoms with Gasteiger partial charge in [-0.3, -0.25) is 4.79 Å². The van der Waals surface area contributed by atoms with E-state index in [1.807, 2.05) is 35.2 Å². The molecule has 2 aliphatic heterocycles. The molecular formula is C22H27ClN6O3. The van der Waals surface area contributed by atoms with Gasteiger partial charge in [-0.15, -0.1) is 10.2 Å². The third-order valence-corrected chi connectivity index (χ3v) is 6.66. The van der Waals surface area contributed by atoms with Crippen LogP contribution in [0.4, 0.5) is 16.3 Å². The van der Waals surface area contributed by atoms with Gasteiger partial charge in [0.15, 0.2) is 11.0 Å². The average molecular weight is 459 g/mol. The number of likely N-dealkylation sites (tertiary alicyclic amines) is 1. The summed E-state index contributed by atoms with van der Waals surface area (Å²) in [5.41, 5.74) is 12.3. The van der Waals surface area contributed by atoms with Crippen molar-refractivity contribution in [1.82, 2.24) is 15.1 Å². The summed E-state index contributed by atoms with van der Waals surface area (Å²) in [5, 5.41) is 7.99. The van der Waals surface area contributed by atoms with Crippen molar-refractivity contribution in [3.63, 3.8) is 0 Å². The van der Waals surface area contributed by atoms with E-state index in [9.17, 15) is 9.59 Å². The van der Waals surface area contributed by atoms with Crippen molar-refractivity contribution in [1.29, 1.82) is 0 Å². The maximum absolute atomic E-state index is 13.9. The van der Waals surface area contributed by atoms with Gasteiger partial charge in [0.2, 0.25) is 5.91 Å². The van der Waals surface area contributed by atoms with Crippen molar-refractivity contribution < 1.29 is 14.3 Å². The highest BCUT2D eigenvalue weighted by Crippen LogP contribution is 2.40. The Hall–Kier alpha value is -3.07. The molecule has 32 heavy (non-hydrogen) atoms. The Kier molecular flexibility index (Phi) is 6.36. The molecule has 1 aromatic carbocycles. The Morgan fingerprint density at radius 3 is 2.34 bits per heavy atom. The zero-order chi connectivity index (χ0) is 22.7. The zero-order valence-corrected chi connectivity index (χ0v) is 18.5. The quantitative estimate of drug-likeness (QED) is 0.719. The van der Waals surface area contributed by atoms with E-state index in [0.29, 0.717) is 57.7 Å². The number of piperidine rings is 2. The Labute approximate surface area is 191 Å². The number of rotatable bonds is 4. The maximum Gasteiger partial charge on any atom is 0.404 e. The van der Waals surface area contributed by atoms with Crippen LogP contribution < -0.4 is 16.4 Å². The Morgan fingerprint density at radius 1 is 1.06 bits per heavy atom. The summed E-state index contributed by atoms with van der Waals surface area (Å²) >= 11 is 6.03. The second kappa shape index (κ2) is 9.20. The molecule has 0 atom stereocenters. The second-order valence-corrected chi connectivity index (χ2v) is 8.69. The van der Waals surface area contributed by atoms with E-state index in [1.54, 1.807) is 6.07 Å². The lowest BCUT2D eigenvalue weighted by atomic mass is 9.71. The van der Waals surface area contributed by atoms with Crippen LogP contribution in [0.1, 0.15) is 31.2 Å². The molecular weight excluding hydrogens is 432 g/mol. The molecule has 2 aliphatic rings. The number of amides is 2. The fourth-order valence-corrected chi connectivity index (χ4v) is 4.92. The number of carbonyl (C=O) groups excluding carboxylic acids is 2. The minimum Gasteiger partial charge on any atom is -0.446 e. The monoisotopic (exact) mass is 458 g/mol. The molecule has 9 nitrogen and oxygen atoms in total. The van der Waals surface area contributed by atoms with E-state index in [1.165, 1.54) is 0 Å². The predicted molar refractivity (Wildman–Crippen MR) is 121 cm³/mol. The van der Waals surface area contributed by atoms with Crippen molar-refractivity contribution in [3.05, 3.63) is 47.1 Å². The highest BCUT2D eigenvalue weighted by Gasteiger charge is 2.46. The van der Waals surface area contributed by atoms with E-state index < -0.39 is 11.5 Å². The van der Waals surface area contributed by atoms with Crippen LogP contribution in [0.15, 0.2) is 36.4 Å². The molecule has 2 saturated heterocycles. The molecule has 10 heteroatoms. The smallest absolute Gasteiger partial charge is 0.404 e. The van der Waals surface area contributed by atoms with Crippen LogP contribution in [-0.4, -0.2) is 59.4 Å². The first-order valence-corrected chi connectivity index (χ1v) is 11.1.